The van der Waals surface area contributed by atoms with Crippen LogP contribution in [0.1, 0.15) is 20.8 Å². The number of benzene rings is 2. The first-order valence-electron chi connectivity index (χ1n) is 9.10. The van der Waals surface area contributed by atoms with Gasteiger partial charge in [0.1, 0.15) is 11.5 Å². The van der Waals surface area contributed by atoms with Crippen molar-refractivity contribution in [3.63, 3.8) is 0 Å². The van der Waals surface area contributed by atoms with E-state index in [9.17, 15) is 17.8 Å². The van der Waals surface area contributed by atoms with Crippen molar-refractivity contribution in [1.82, 2.24) is 0 Å². The zero-order valence-corrected chi connectivity index (χ0v) is 20.8. The van der Waals surface area contributed by atoms with Crippen LogP contribution in [-0.4, -0.2) is 44.2 Å². The van der Waals surface area contributed by atoms with E-state index in [2.05, 4.69) is 26.0 Å². The van der Waals surface area contributed by atoms with Crippen LogP contribution in [0.2, 0.25) is 0 Å². The van der Waals surface area contributed by atoms with Crippen molar-refractivity contribution >= 4 is 23.5 Å². The number of rotatable bonds is 9. The van der Waals surface area contributed by atoms with E-state index in [-0.39, 0.29) is 43.3 Å². The Morgan fingerprint density at radius 1 is 1.03 bits per heavy atom. The molecule has 0 unspecified atom stereocenters. The van der Waals surface area contributed by atoms with Crippen LogP contribution < -0.4 is 34.3 Å². The standard InChI is InChI=1S/C20H25O6PS.Na.H/c1-3-27(4-2,16-17-10-6-5-7-11-17)15-14-25-20(21)26-18-12-8-9-13-19(18)28(22,23)24;;/h5-13H,3-4,14-16H2,1-2H3;;/q;+1;-1/p+1. The molecule has 2 aromatic rings. The molecule has 0 bridgehead atoms. The molecule has 154 valence electrons. The first-order chi connectivity index (χ1) is 13.3. The molecular formula is C20H27NaO6PS+. The average molecular weight is 449 g/mol. The molecule has 0 aromatic heterocycles. The van der Waals surface area contributed by atoms with E-state index >= 15 is 0 Å². The van der Waals surface area contributed by atoms with E-state index in [0.29, 0.717) is 0 Å². The Morgan fingerprint density at radius 2 is 1.62 bits per heavy atom. The van der Waals surface area contributed by atoms with Crippen molar-refractivity contribution in [1.29, 1.82) is 0 Å². The fourth-order valence-electron chi connectivity index (χ4n) is 3.00. The predicted molar refractivity (Wildman–Crippen MR) is 112 cm³/mol. The third-order valence-electron chi connectivity index (χ3n) is 4.81. The van der Waals surface area contributed by atoms with Crippen LogP contribution in [0.15, 0.2) is 59.5 Å². The van der Waals surface area contributed by atoms with Gasteiger partial charge in [-0.2, -0.15) is 8.42 Å². The number of ether oxygens (including phenoxy) is 2. The third-order valence-corrected chi connectivity index (χ3v) is 10.6. The minimum Gasteiger partial charge on any atom is -1.00 e. The first kappa shape index (κ1) is 26.1. The monoisotopic (exact) mass is 449 g/mol. The maximum Gasteiger partial charge on any atom is 1.00 e. The molecule has 2 rings (SSSR count). The van der Waals surface area contributed by atoms with Crippen molar-refractivity contribution in [3.8, 4) is 5.75 Å². The Kier molecular flexibility index (Phi) is 10.8. The summed E-state index contributed by atoms with van der Waals surface area (Å²) in [7, 11) is -5.82. The van der Waals surface area contributed by atoms with Crippen molar-refractivity contribution in [2.75, 3.05) is 25.1 Å². The summed E-state index contributed by atoms with van der Waals surface area (Å²) in [6.45, 7) is 4.54. The number of carbonyl (C=O) groups is 1. The second-order valence-corrected chi connectivity index (χ2v) is 12.6. The summed E-state index contributed by atoms with van der Waals surface area (Å²) in [5.41, 5.74) is 1.28. The summed E-state index contributed by atoms with van der Waals surface area (Å²) in [5, 5.41) is 0. The van der Waals surface area contributed by atoms with Crippen molar-refractivity contribution in [2.45, 2.75) is 24.9 Å². The molecule has 6 nitrogen and oxygen atoms in total. The van der Waals surface area contributed by atoms with Gasteiger partial charge in [0.2, 0.25) is 0 Å². The van der Waals surface area contributed by atoms with Gasteiger partial charge in [-0.3, -0.25) is 4.55 Å². The van der Waals surface area contributed by atoms with Crippen molar-refractivity contribution in [3.05, 3.63) is 60.2 Å². The summed E-state index contributed by atoms with van der Waals surface area (Å²) < 4.78 is 42.1. The molecule has 2 aromatic carbocycles. The minimum atomic E-state index is -4.49. The Balaban J connectivity index is 0.00000420. The Bertz CT molecular complexity index is 891. The Morgan fingerprint density at radius 3 is 2.21 bits per heavy atom. The van der Waals surface area contributed by atoms with Crippen LogP contribution in [-0.2, 0) is 21.0 Å². The Hall–Kier alpha value is -0.950. The van der Waals surface area contributed by atoms with Gasteiger partial charge in [-0.25, -0.2) is 4.79 Å². The van der Waals surface area contributed by atoms with Gasteiger partial charge in [0.15, 0.2) is 5.75 Å². The topological polar surface area (TPSA) is 89.9 Å². The average Bonchev–Trinajstić information content (AvgIpc) is 2.67. The van der Waals surface area contributed by atoms with Crippen LogP contribution in [0.25, 0.3) is 0 Å². The molecule has 1 N–H and O–H groups in total. The second-order valence-electron chi connectivity index (χ2n) is 6.46. The van der Waals surface area contributed by atoms with E-state index in [0.717, 1.165) is 30.7 Å². The predicted octanol–water partition coefficient (Wildman–Crippen LogP) is 1.82. The van der Waals surface area contributed by atoms with Gasteiger partial charge in [0.25, 0.3) is 10.1 Å². The summed E-state index contributed by atoms with van der Waals surface area (Å²) >= 11 is 0. The number of hydrogen-bond acceptors (Lipinski definition) is 5. The van der Waals surface area contributed by atoms with Crippen molar-refractivity contribution < 1.29 is 58.2 Å². The van der Waals surface area contributed by atoms with Crippen LogP contribution in [0.4, 0.5) is 4.79 Å². The van der Waals surface area contributed by atoms with E-state index < -0.39 is 28.4 Å². The van der Waals surface area contributed by atoms with Crippen molar-refractivity contribution in [2.24, 2.45) is 0 Å². The van der Waals surface area contributed by atoms with E-state index in [1.54, 1.807) is 0 Å². The zero-order chi connectivity index (χ0) is 20.6. The van der Waals surface area contributed by atoms with E-state index in [1.165, 1.54) is 23.8 Å². The molecule has 29 heavy (non-hydrogen) atoms. The van der Waals surface area contributed by atoms with E-state index in [4.69, 9.17) is 9.47 Å². The fraction of sp³-hybridized carbons (Fsp3) is 0.350. The summed E-state index contributed by atoms with van der Waals surface area (Å²) in [6.07, 6.45) is 2.86. The van der Waals surface area contributed by atoms with Gasteiger partial charge in [0, 0.05) is 7.26 Å². The molecule has 0 fully saturated rings. The molecule has 0 radical (unpaired) electrons. The van der Waals surface area contributed by atoms with Crippen LogP contribution in [0.5, 0.6) is 5.75 Å². The SMILES string of the molecule is CC[P+](CC)(CCOC(=O)Oc1ccccc1S(=O)(=O)O)Cc1ccccc1.[H-].[Na+]. The van der Waals surface area contributed by atoms with Gasteiger partial charge >= 0.3 is 35.7 Å². The second kappa shape index (κ2) is 12.0. The molecular weight excluding hydrogens is 422 g/mol. The van der Waals surface area contributed by atoms with E-state index in [1.807, 2.05) is 18.2 Å². The maximum atomic E-state index is 12.0. The van der Waals surface area contributed by atoms with Gasteiger partial charge in [-0.05, 0) is 31.5 Å². The molecule has 0 saturated heterocycles. The molecule has 0 amide bonds. The molecule has 0 saturated carbocycles. The quantitative estimate of drug-likeness (QED) is 0.207. The largest absolute Gasteiger partial charge is 1.00 e. The Labute approximate surface area is 196 Å². The molecule has 0 aliphatic rings. The first-order valence-corrected chi connectivity index (χ1v) is 13.1. The molecule has 0 heterocycles. The van der Waals surface area contributed by atoms with Gasteiger partial charge in [-0.1, -0.05) is 42.5 Å². The number of hydrogen-bond donors (Lipinski definition) is 1. The number of para-hydroxylation sites is 1. The smallest absolute Gasteiger partial charge is 1.00 e. The van der Waals surface area contributed by atoms with Gasteiger partial charge in [0.05, 0.1) is 24.6 Å². The molecule has 0 spiro atoms. The van der Waals surface area contributed by atoms with Crippen LogP contribution >= 0.6 is 7.26 Å². The molecule has 0 aliphatic heterocycles. The summed E-state index contributed by atoms with van der Waals surface area (Å²) in [6, 6.07) is 15.6. The molecule has 0 atom stereocenters. The third kappa shape index (κ3) is 8.00. The number of carbonyl (C=O) groups excluding carboxylic acids is 1. The van der Waals surface area contributed by atoms with Gasteiger partial charge < -0.3 is 10.9 Å². The summed E-state index contributed by atoms with van der Waals surface area (Å²) in [5.74, 6) is -0.258. The normalized spacial score (nSPS) is 11.4. The minimum absolute atomic E-state index is 0. The van der Waals surface area contributed by atoms with Crippen LogP contribution in [0, 0.1) is 0 Å². The molecule has 0 aliphatic carbocycles. The molecule has 9 heteroatoms. The fourth-order valence-corrected chi connectivity index (χ4v) is 6.77. The van der Waals surface area contributed by atoms with Crippen LogP contribution in [0.3, 0.4) is 0 Å². The maximum absolute atomic E-state index is 12.0. The van der Waals surface area contributed by atoms with Gasteiger partial charge in [-0.15, -0.1) is 0 Å². The zero-order valence-electron chi connectivity index (χ0n) is 18.1. The summed E-state index contributed by atoms with van der Waals surface area (Å²) in [4.78, 5) is 11.5.